The molecule has 6 N–H and O–H groups in total. The van der Waals surface area contributed by atoms with Crippen LogP contribution in [0.15, 0.2) is 165 Å². The van der Waals surface area contributed by atoms with Gasteiger partial charge in [-0.2, -0.15) is 15.3 Å². The van der Waals surface area contributed by atoms with E-state index >= 15 is 4.57 Å². The second kappa shape index (κ2) is 38.4. The van der Waals surface area contributed by atoms with Crippen LogP contribution in [0.2, 0.25) is 0 Å². The SMILES string of the molecule is O=C(Cn1cc(Nc2ncnc3cc(OCCCN4CCC[C@H]4COP(=O)(OC[C@@H]4CCCN4CCCOc4ccc5c(Nc6cnn(CC(=O)Nc7cccc(F)c7F)c6)ncnc5c4)OC[C@@H]4CCCN4CCCOc4ccc5c(Nc6cnn(CC(=O)Nc7cccc(F)c7F)c6)ncnc5c4)ccc23)cn1)Nc1cccc(F)c1F. The number of likely N-dealkylation sites (tertiary alicyclic amines) is 3. The fourth-order valence-electron chi connectivity index (χ4n) is 14.6. The fraction of sp³-hybridized carbons (Fsp3) is 0.333. The van der Waals surface area contributed by atoms with Crippen molar-refractivity contribution in [2.24, 2.45) is 0 Å². The molecule has 38 heteroatoms. The molecule has 0 bridgehead atoms. The first kappa shape index (κ1) is 81.9. The first-order valence-corrected chi connectivity index (χ1v) is 40.4. The summed E-state index contributed by atoms with van der Waals surface area (Å²) in [6.07, 6.45) is 20.8. The Morgan fingerprint density at radius 3 is 1.03 bits per heavy atom. The highest BCUT2D eigenvalue weighted by molar-refractivity contribution is 7.48. The number of hydrogen-bond donors (Lipinski definition) is 6. The number of nitrogens with zero attached hydrogens (tertiary/aromatic N) is 15. The van der Waals surface area contributed by atoms with Gasteiger partial charge in [0.05, 0.1) is 109 Å². The topological polar surface area (TPSA) is 336 Å². The summed E-state index contributed by atoms with van der Waals surface area (Å²) in [6.45, 7) is 5.30. The van der Waals surface area contributed by atoms with Crippen LogP contribution >= 0.6 is 7.82 Å². The Balaban J connectivity index is 0.534. The zero-order valence-corrected chi connectivity index (χ0v) is 65.2. The van der Waals surface area contributed by atoms with Crippen LogP contribution in [0.4, 0.5) is 77.9 Å². The van der Waals surface area contributed by atoms with Crippen LogP contribution < -0.4 is 46.1 Å². The summed E-state index contributed by atoms with van der Waals surface area (Å²) >= 11 is 0. The minimum absolute atomic E-state index is 0.0620. The van der Waals surface area contributed by atoms with Crippen molar-refractivity contribution in [3.63, 3.8) is 0 Å². The molecule has 6 aromatic carbocycles. The van der Waals surface area contributed by atoms with Gasteiger partial charge in [-0.15, -0.1) is 0 Å². The standard InChI is InChI=1S/C81H84F6N21O10P/c82-64-13-1-16-67(76(64)85)100-73(109)43-106-40-52(37-94-106)97-79-61-22-19-58(34-70(61)88-49-91-79)113-31-7-28-103-25-4-10-55(103)46-116-119(112,117-47-56-11-5-26-104(56)29-8-32-114-59-20-23-62-71(35-59)89-50-92-80(62)98-53-38-95-107(41-53)44-74(110)101-68-17-2-14-65(83)77(68)86)118-48-57-12-6-27-105(57)30-9-33-115-60-21-24-63-72(36-60)90-51-93-81(63)99-54-39-96-108(42-54)45-75(111)102-69-18-3-15-66(84)78(69)87/h1-3,13-24,34-42,49-51,55-57H,4-12,25-33,43-48H2,(H,100,109)(H,101,110)(H,102,111)(H,88,91,97)(H,89,92,98)(H,90,93,99)/t55-,56-,57-/m0/s1. The molecule has 31 nitrogen and oxygen atoms in total. The number of carbonyl (C=O) groups excluding carboxylic acids is 3. The highest BCUT2D eigenvalue weighted by atomic mass is 31.2. The van der Waals surface area contributed by atoms with Crippen LogP contribution in [-0.4, -0.2) is 189 Å². The molecule has 0 saturated carbocycles. The van der Waals surface area contributed by atoms with E-state index in [4.69, 9.17) is 27.8 Å². The van der Waals surface area contributed by atoms with E-state index in [2.05, 4.69) is 91.8 Å². The average Bonchev–Trinajstić information content (AvgIpc) is 0.957. The minimum atomic E-state index is -4.17. The second-order valence-electron chi connectivity index (χ2n) is 28.7. The van der Waals surface area contributed by atoms with Gasteiger partial charge in [0.1, 0.15) is 73.3 Å². The third-order valence-corrected chi connectivity index (χ3v) is 21.8. The van der Waals surface area contributed by atoms with Crippen LogP contribution in [0.5, 0.6) is 17.2 Å². The van der Waals surface area contributed by atoms with E-state index in [9.17, 15) is 40.7 Å². The van der Waals surface area contributed by atoms with Gasteiger partial charge in [-0.25, -0.2) is 60.8 Å². The van der Waals surface area contributed by atoms with Gasteiger partial charge in [-0.1, -0.05) is 18.2 Å². The first-order chi connectivity index (χ1) is 57.9. The van der Waals surface area contributed by atoms with Gasteiger partial charge in [0.2, 0.25) is 17.7 Å². The van der Waals surface area contributed by atoms with Gasteiger partial charge in [0.25, 0.3) is 0 Å². The molecule has 3 aliphatic heterocycles. The van der Waals surface area contributed by atoms with Crippen molar-refractivity contribution < 1.29 is 73.1 Å². The van der Waals surface area contributed by atoms with Crippen molar-refractivity contribution in [1.29, 1.82) is 0 Å². The number of phosphoric acid groups is 1. The molecule has 119 heavy (non-hydrogen) atoms. The lowest BCUT2D eigenvalue weighted by Crippen LogP contribution is -2.36. The monoisotopic (exact) mass is 1660 g/mol. The van der Waals surface area contributed by atoms with Crippen molar-refractivity contribution in [3.05, 3.63) is 200 Å². The smallest absolute Gasteiger partial charge is 0.474 e. The number of nitrogens with one attached hydrogen (secondary N) is 6. The summed E-state index contributed by atoms with van der Waals surface area (Å²) in [5.74, 6) is -5.19. The Hall–Kier alpha value is -12.3. The van der Waals surface area contributed by atoms with E-state index in [0.29, 0.717) is 143 Å². The van der Waals surface area contributed by atoms with Gasteiger partial charge in [-0.05, 0) is 150 Å². The van der Waals surface area contributed by atoms with Gasteiger partial charge in [0.15, 0.2) is 34.9 Å². The molecule has 12 aromatic rings. The van der Waals surface area contributed by atoms with E-state index in [1.165, 1.54) is 88.0 Å². The molecule has 0 radical (unpaired) electrons. The van der Waals surface area contributed by atoms with Crippen LogP contribution in [0, 0.1) is 34.9 Å². The quantitative estimate of drug-likeness (QED) is 0.0118. The zero-order chi connectivity index (χ0) is 82.2. The number of anilines is 9. The molecule has 15 rings (SSSR count). The van der Waals surface area contributed by atoms with Crippen molar-refractivity contribution in [1.82, 2.24) is 73.9 Å². The van der Waals surface area contributed by atoms with Crippen LogP contribution in [0.1, 0.15) is 57.8 Å². The molecule has 3 aliphatic rings. The Morgan fingerprint density at radius 2 is 0.723 bits per heavy atom. The number of phosphoric ester groups is 1. The normalized spacial score (nSPS) is 15.9. The van der Waals surface area contributed by atoms with E-state index in [1.54, 1.807) is 18.6 Å². The number of carbonyl (C=O) groups is 3. The summed E-state index contributed by atoms with van der Waals surface area (Å²) in [6, 6.07) is 27.0. The Bertz CT molecular complexity index is 5100. The molecular formula is C81H84F6N21O10P. The highest BCUT2D eigenvalue weighted by Gasteiger charge is 2.37. The predicted octanol–water partition coefficient (Wildman–Crippen LogP) is 13.3. The summed E-state index contributed by atoms with van der Waals surface area (Å²) in [4.78, 5) is 71.7. The maximum absolute atomic E-state index is 15.3. The van der Waals surface area contributed by atoms with Crippen LogP contribution in [-0.2, 0) is 52.2 Å². The lowest BCUT2D eigenvalue weighted by Gasteiger charge is -2.30. The van der Waals surface area contributed by atoms with E-state index < -0.39 is 60.4 Å². The fourth-order valence-corrected chi connectivity index (χ4v) is 15.9. The molecule has 0 aliphatic carbocycles. The Kier molecular flexibility index (Phi) is 26.4. The number of benzene rings is 6. The van der Waals surface area contributed by atoms with Gasteiger partial charge < -0.3 is 46.1 Å². The molecule has 0 unspecified atom stereocenters. The van der Waals surface area contributed by atoms with E-state index in [-0.39, 0.29) is 74.6 Å². The number of aromatic nitrogens is 12. The number of halogens is 6. The number of ether oxygens (including phenoxy) is 3. The maximum atomic E-state index is 15.3. The number of hydrogen-bond acceptors (Lipinski definition) is 25. The molecule has 3 amide bonds. The van der Waals surface area contributed by atoms with Gasteiger partial charge in [-0.3, -0.25) is 56.7 Å². The zero-order valence-electron chi connectivity index (χ0n) is 64.3. The molecule has 9 heterocycles. The lowest BCUT2D eigenvalue weighted by molar-refractivity contribution is -0.117. The molecule has 0 spiro atoms. The summed E-state index contributed by atoms with van der Waals surface area (Å²) < 4.78 is 141. The Morgan fingerprint density at radius 1 is 0.412 bits per heavy atom. The number of fused-ring (bicyclic) bond motifs is 3. The second-order valence-corrected chi connectivity index (χ2v) is 30.4. The lowest BCUT2D eigenvalue weighted by atomic mass is 10.2. The van der Waals surface area contributed by atoms with Crippen LogP contribution in [0.3, 0.4) is 0 Å². The molecule has 3 atom stereocenters. The first-order valence-electron chi connectivity index (χ1n) is 38.9. The summed E-state index contributed by atoms with van der Waals surface area (Å²) in [7, 11) is -4.17. The van der Waals surface area contributed by atoms with Crippen molar-refractivity contribution in [2.45, 2.75) is 95.5 Å². The third-order valence-electron chi connectivity index (χ3n) is 20.5. The van der Waals surface area contributed by atoms with Crippen molar-refractivity contribution in [2.75, 3.05) is 111 Å². The molecule has 3 fully saturated rings. The molecule has 620 valence electrons. The molecule has 6 aromatic heterocycles. The third kappa shape index (κ3) is 21.4. The number of amides is 3. The van der Waals surface area contributed by atoms with Gasteiger partial charge >= 0.3 is 7.82 Å². The predicted molar refractivity (Wildman–Crippen MR) is 430 cm³/mol. The maximum Gasteiger partial charge on any atom is 0.474 e. The summed E-state index contributed by atoms with van der Waals surface area (Å²) in [5, 5.41) is 31.6. The van der Waals surface area contributed by atoms with Crippen LogP contribution in [0.25, 0.3) is 32.7 Å². The van der Waals surface area contributed by atoms with E-state index in [0.717, 1.165) is 76.4 Å². The van der Waals surface area contributed by atoms with Gasteiger partial charge in [0, 0.05) is 90.7 Å². The number of rotatable bonds is 39. The van der Waals surface area contributed by atoms with E-state index in [1.807, 2.05) is 54.6 Å². The molecular weight excluding hydrogens is 1570 g/mol. The minimum Gasteiger partial charge on any atom is -0.493 e. The highest BCUT2D eigenvalue weighted by Crippen LogP contribution is 2.51. The largest absolute Gasteiger partial charge is 0.493 e. The summed E-state index contributed by atoms with van der Waals surface area (Å²) in [5.41, 5.74) is 2.61. The van der Waals surface area contributed by atoms with Crippen molar-refractivity contribution in [3.8, 4) is 17.2 Å². The average molecular weight is 1660 g/mol. The Labute approximate surface area is 677 Å². The molecule has 3 saturated heterocycles. The van der Waals surface area contributed by atoms with Crippen molar-refractivity contribution >= 4 is 110 Å².